The van der Waals surface area contributed by atoms with E-state index in [-0.39, 0.29) is 12.0 Å². The maximum Gasteiger partial charge on any atom is 0.216 e. The third kappa shape index (κ3) is 4.91. The molecule has 0 aromatic carbocycles. The Morgan fingerprint density at radius 3 is 2.95 bits per heavy atom. The van der Waals surface area contributed by atoms with Crippen molar-refractivity contribution in [1.82, 2.24) is 20.5 Å². The fourth-order valence-electron chi connectivity index (χ4n) is 2.35. The summed E-state index contributed by atoms with van der Waals surface area (Å²) in [6, 6.07) is 5.65. The minimum absolute atomic E-state index is 0.0261. The number of ether oxygens (including phenoxy) is 1. The first-order chi connectivity index (χ1) is 10.7. The third-order valence-electron chi connectivity index (χ3n) is 3.36. The molecule has 0 bridgehead atoms. The second kappa shape index (κ2) is 8.21. The van der Waals surface area contributed by atoms with Crippen molar-refractivity contribution in [2.45, 2.75) is 19.4 Å². The van der Waals surface area contributed by atoms with E-state index in [1.54, 1.807) is 13.2 Å². The summed E-state index contributed by atoms with van der Waals surface area (Å²) in [5.74, 6) is 1.46. The molecular weight excluding hydrogens is 282 g/mol. The Kier molecular flexibility index (Phi) is 6.00. The van der Waals surface area contributed by atoms with Crippen LogP contribution in [0.2, 0.25) is 0 Å². The fourth-order valence-corrected chi connectivity index (χ4v) is 2.35. The Labute approximate surface area is 130 Å². The second-order valence-corrected chi connectivity index (χ2v) is 5.10. The maximum absolute atomic E-state index is 10.8. The van der Waals surface area contributed by atoms with Crippen LogP contribution in [0.3, 0.4) is 0 Å². The molecule has 0 saturated carbocycles. The zero-order chi connectivity index (χ0) is 15.8. The van der Waals surface area contributed by atoms with Gasteiger partial charge in [-0.1, -0.05) is 6.07 Å². The summed E-state index contributed by atoms with van der Waals surface area (Å²) in [5.41, 5.74) is 0. The molecule has 1 aliphatic heterocycles. The molecule has 22 heavy (non-hydrogen) atoms. The van der Waals surface area contributed by atoms with Gasteiger partial charge >= 0.3 is 0 Å². The normalized spacial score (nSPS) is 18.2. The molecule has 1 amide bonds. The molecule has 0 spiro atoms. The predicted octanol–water partition coefficient (Wildman–Crippen LogP) is 0.246. The van der Waals surface area contributed by atoms with Crippen LogP contribution in [0.15, 0.2) is 29.4 Å². The van der Waals surface area contributed by atoms with Crippen molar-refractivity contribution in [2.75, 3.05) is 33.2 Å². The second-order valence-electron chi connectivity index (χ2n) is 5.10. The molecule has 1 aromatic rings. The molecule has 2 rings (SSSR count). The SMILES string of the molecule is CN=C(NCCNC(C)=O)N1CCC(Oc2ccccn2)C1. The zero-order valence-corrected chi connectivity index (χ0v) is 13.1. The smallest absolute Gasteiger partial charge is 0.216 e. The van der Waals surface area contributed by atoms with E-state index >= 15 is 0 Å². The highest BCUT2D eigenvalue weighted by Crippen LogP contribution is 2.16. The van der Waals surface area contributed by atoms with Gasteiger partial charge in [-0.05, 0) is 6.07 Å². The van der Waals surface area contributed by atoms with Gasteiger partial charge < -0.3 is 20.3 Å². The van der Waals surface area contributed by atoms with Crippen LogP contribution in [0.4, 0.5) is 0 Å². The van der Waals surface area contributed by atoms with Crippen molar-refractivity contribution in [2.24, 2.45) is 4.99 Å². The first-order valence-corrected chi connectivity index (χ1v) is 7.46. The lowest BCUT2D eigenvalue weighted by molar-refractivity contribution is -0.118. The van der Waals surface area contributed by atoms with E-state index in [2.05, 4.69) is 25.5 Å². The van der Waals surface area contributed by atoms with Crippen molar-refractivity contribution in [1.29, 1.82) is 0 Å². The number of aliphatic imine (C=N–C) groups is 1. The number of hydrogen-bond acceptors (Lipinski definition) is 4. The van der Waals surface area contributed by atoms with E-state index < -0.39 is 0 Å². The van der Waals surface area contributed by atoms with Crippen LogP contribution in [0, 0.1) is 0 Å². The summed E-state index contributed by atoms with van der Waals surface area (Å²) in [6.07, 6.45) is 2.77. The average molecular weight is 305 g/mol. The first kappa shape index (κ1) is 16.1. The molecular formula is C15H23N5O2. The largest absolute Gasteiger partial charge is 0.472 e. The molecule has 1 unspecified atom stereocenters. The van der Waals surface area contributed by atoms with Crippen molar-refractivity contribution < 1.29 is 9.53 Å². The number of amides is 1. The van der Waals surface area contributed by atoms with E-state index in [4.69, 9.17) is 4.74 Å². The van der Waals surface area contributed by atoms with E-state index in [9.17, 15) is 4.79 Å². The number of nitrogens with one attached hydrogen (secondary N) is 2. The summed E-state index contributed by atoms with van der Waals surface area (Å²) < 4.78 is 5.86. The minimum Gasteiger partial charge on any atom is -0.472 e. The van der Waals surface area contributed by atoms with E-state index in [0.29, 0.717) is 19.0 Å². The average Bonchev–Trinajstić information content (AvgIpc) is 2.96. The highest BCUT2D eigenvalue weighted by atomic mass is 16.5. The van der Waals surface area contributed by atoms with Gasteiger partial charge in [-0.15, -0.1) is 0 Å². The fraction of sp³-hybridized carbons (Fsp3) is 0.533. The van der Waals surface area contributed by atoms with Crippen molar-refractivity contribution in [3.05, 3.63) is 24.4 Å². The molecule has 0 aliphatic carbocycles. The number of rotatable bonds is 5. The molecule has 1 saturated heterocycles. The van der Waals surface area contributed by atoms with Crippen LogP contribution >= 0.6 is 0 Å². The first-order valence-electron chi connectivity index (χ1n) is 7.46. The molecule has 1 fully saturated rings. The lowest BCUT2D eigenvalue weighted by atomic mass is 10.3. The molecule has 0 radical (unpaired) electrons. The van der Waals surface area contributed by atoms with Crippen LogP contribution in [0.5, 0.6) is 5.88 Å². The van der Waals surface area contributed by atoms with E-state index in [1.807, 2.05) is 18.2 Å². The van der Waals surface area contributed by atoms with Crippen molar-refractivity contribution >= 4 is 11.9 Å². The number of carbonyl (C=O) groups excluding carboxylic acids is 1. The van der Waals surface area contributed by atoms with E-state index in [1.165, 1.54) is 6.92 Å². The maximum atomic E-state index is 10.8. The molecule has 120 valence electrons. The molecule has 1 aromatic heterocycles. The highest BCUT2D eigenvalue weighted by Gasteiger charge is 2.26. The zero-order valence-electron chi connectivity index (χ0n) is 13.1. The third-order valence-corrected chi connectivity index (χ3v) is 3.36. The number of hydrogen-bond donors (Lipinski definition) is 2. The monoisotopic (exact) mass is 305 g/mol. The van der Waals surface area contributed by atoms with Gasteiger partial charge in [-0.2, -0.15) is 0 Å². The summed E-state index contributed by atoms with van der Waals surface area (Å²) in [7, 11) is 1.76. The highest BCUT2D eigenvalue weighted by molar-refractivity contribution is 5.80. The Morgan fingerprint density at radius 1 is 1.45 bits per heavy atom. The van der Waals surface area contributed by atoms with Crippen LogP contribution in [0.1, 0.15) is 13.3 Å². The van der Waals surface area contributed by atoms with Gasteiger partial charge in [0.15, 0.2) is 5.96 Å². The number of aromatic nitrogens is 1. The van der Waals surface area contributed by atoms with Gasteiger partial charge in [-0.3, -0.25) is 9.79 Å². The van der Waals surface area contributed by atoms with Gasteiger partial charge in [0.05, 0.1) is 6.54 Å². The van der Waals surface area contributed by atoms with Crippen LogP contribution in [-0.2, 0) is 4.79 Å². The number of nitrogens with zero attached hydrogens (tertiary/aromatic N) is 3. The van der Waals surface area contributed by atoms with Crippen LogP contribution in [0.25, 0.3) is 0 Å². The Morgan fingerprint density at radius 2 is 2.27 bits per heavy atom. The molecule has 1 aliphatic rings. The van der Waals surface area contributed by atoms with Gasteiger partial charge in [0.1, 0.15) is 6.10 Å². The number of carbonyl (C=O) groups is 1. The van der Waals surface area contributed by atoms with Gasteiger partial charge in [0.2, 0.25) is 11.8 Å². The number of guanidine groups is 1. The summed E-state index contributed by atoms with van der Waals surface area (Å²) >= 11 is 0. The molecule has 7 heteroatoms. The quantitative estimate of drug-likeness (QED) is 0.463. The van der Waals surface area contributed by atoms with Gasteiger partial charge in [0, 0.05) is 52.3 Å². The Hall–Kier alpha value is -2.31. The predicted molar refractivity (Wildman–Crippen MR) is 84.9 cm³/mol. The lowest BCUT2D eigenvalue weighted by Crippen LogP contribution is -2.43. The molecule has 2 heterocycles. The van der Waals surface area contributed by atoms with Crippen LogP contribution in [-0.4, -0.2) is 61.1 Å². The summed E-state index contributed by atoms with van der Waals surface area (Å²) in [5, 5.41) is 5.99. The lowest BCUT2D eigenvalue weighted by Gasteiger charge is -2.21. The summed E-state index contributed by atoms with van der Waals surface area (Å²) in [4.78, 5) is 21.4. The topological polar surface area (TPSA) is 78.9 Å². The molecule has 7 nitrogen and oxygen atoms in total. The Balaban J connectivity index is 1.76. The van der Waals surface area contributed by atoms with Gasteiger partial charge in [-0.25, -0.2) is 4.98 Å². The van der Waals surface area contributed by atoms with Crippen LogP contribution < -0.4 is 15.4 Å². The molecule has 1 atom stereocenters. The minimum atomic E-state index is -0.0261. The Bertz CT molecular complexity index is 506. The van der Waals surface area contributed by atoms with Crippen molar-refractivity contribution in [3.8, 4) is 5.88 Å². The molecule has 2 N–H and O–H groups in total. The van der Waals surface area contributed by atoms with E-state index in [0.717, 1.165) is 25.5 Å². The van der Waals surface area contributed by atoms with Gasteiger partial charge in [0.25, 0.3) is 0 Å². The van der Waals surface area contributed by atoms with Crippen molar-refractivity contribution in [3.63, 3.8) is 0 Å². The summed E-state index contributed by atoms with van der Waals surface area (Å²) in [6.45, 7) is 4.40. The standard InChI is InChI=1S/C15H23N5O2/c1-12(21)17-8-9-19-15(16-2)20-10-6-13(11-20)22-14-5-3-4-7-18-14/h3-5,7,13H,6,8-11H2,1-2H3,(H,16,19)(H,17,21). The number of likely N-dealkylation sites (tertiary alicyclic amines) is 1. The number of pyridine rings is 1.